The maximum atomic E-state index is 6.31. The van der Waals surface area contributed by atoms with Crippen LogP contribution in [0.2, 0.25) is 0 Å². The van der Waals surface area contributed by atoms with Crippen molar-refractivity contribution >= 4 is 0 Å². The second-order valence-corrected chi connectivity index (χ2v) is 1.34. The molecule has 0 rings (SSSR count). The molecule has 1 atom stereocenters. The average molecular weight is 85.1 g/mol. The highest BCUT2D eigenvalue weighted by Gasteiger charge is 1.89. The Morgan fingerprint density at radius 1 is 1.83 bits per heavy atom. The quantitative estimate of drug-likeness (QED) is 0.491. The molecule has 0 N–H and O–H groups in total. The molecule has 0 bridgehead atoms. The van der Waals surface area contributed by atoms with Crippen molar-refractivity contribution in [2.45, 2.75) is 26.4 Å². The molecule has 6 heavy (non-hydrogen) atoms. The first kappa shape index (κ1) is 5.96. The summed E-state index contributed by atoms with van der Waals surface area (Å²) in [6, 6.07) is 0. The van der Waals surface area contributed by atoms with E-state index in [0.29, 0.717) is 0 Å². The van der Waals surface area contributed by atoms with Gasteiger partial charge in [0.05, 0.1) is 6.10 Å². The Morgan fingerprint density at radius 3 is 2.33 bits per heavy atom. The van der Waals surface area contributed by atoms with Crippen LogP contribution in [-0.2, 0) is 4.74 Å². The van der Waals surface area contributed by atoms with Crippen LogP contribution < -0.4 is 0 Å². The van der Waals surface area contributed by atoms with Gasteiger partial charge in [-0.1, -0.05) is 6.92 Å². The number of hydrogen-bond acceptors (Lipinski definition) is 1. The van der Waals surface area contributed by atoms with E-state index in [-0.39, 0.29) is 6.10 Å². The molecule has 1 nitrogen and oxygen atoms in total. The van der Waals surface area contributed by atoms with Gasteiger partial charge in [0.1, 0.15) is 0 Å². The van der Waals surface area contributed by atoms with Gasteiger partial charge in [0, 0.05) is 0 Å². The Hall–Kier alpha value is -0.0400. The number of ether oxygens (including phenoxy) is 1. The van der Waals surface area contributed by atoms with Crippen LogP contribution in [0.4, 0.5) is 0 Å². The molecule has 0 fully saturated rings. The van der Waals surface area contributed by atoms with Gasteiger partial charge in [-0.3, -0.25) is 0 Å². The molecule has 1 unspecified atom stereocenters. The molecule has 0 aliphatic heterocycles. The summed E-state index contributed by atoms with van der Waals surface area (Å²) in [5.41, 5.74) is 0. The Bertz CT molecular complexity index is 23.1. The van der Waals surface area contributed by atoms with Crippen LogP contribution in [-0.4, -0.2) is 6.10 Å². The minimum atomic E-state index is 0.102. The van der Waals surface area contributed by atoms with Gasteiger partial charge in [-0.2, -0.15) is 0 Å². The van der Waals surface area contributed by atoms with Gasteiger partial charge in [0.2, 0.25) is 0 Å². The minimum absolute atomic E-state index is 0.102. The van der Waals surface area contributed by atoms with Gasteiger partial charge in [-0.25, -0.2) is 0 Å². The van der Waals surface area contributed by atoms with Gasteiger partial charge in [0.15, 0.2) is 7.11 Å². The molecule has 0 aromatic heterocycles. The van der Waals surface area contributed by atoms with Crippen molar-refractivity contribution in [3.8, 4) is 0 Å². The maximum Gasteiger partial charge on any atom is 0.173 e. The molecule has 0 saturated carbocycles. The van der Waals surface area contributed by atoms with E-state index in [1.807, 2.05) is 13.8 Å². The lowest BCUT2D eigenvalue weighted by Gasteiger charge is -2.00. The summed E-state index contributed by atoms with van der Waals surface area (Å²) in [7, 11) is 6.31. The van der Waals surface area contributed by atoms with Crippen LogP contribution in [0.5, 0.6) is 0 Å². The zero-order valence-corrected chi connectivity index (χ0v) is 4.19. The predicted octanol–water partition coefficient (Wildman–Crippen LogP) is 1.35. The Balaban J connectivity index is 2.75. The zero-order valence-electron chi connectivity index (χ0n) is 4.19. The van der Waals surface area contributed by atoms with E-state index < -0.39 is 0 Å². The van der Waals surface area contributed by atoms with Crippen molar-refractivity contribution in [2.24, 2.45) is 0 Å². The fraction of sp³-hybridized carbons (Fsp3) is 0.800. The molecule has 0 aromatic carbocycles. The predicted molar refractivity (Wildman–Crippen MR) is 24.1 cm³/mol. The third-order valence-corrected chi connectivity index (χ3v) is 0.776. The molecule has 0 aliphatic rings. The summed E-state index contributed by atoms with van der Waals surface area (Å²) < 4.78 is 4.15. The third-order valence-electron chi connectivity index (χ3n) is 0.776. The molecule has 0 aliphatic carbocycles. The van der Waals surface area contributed by atoms with Crippen molar-refractivity contribution in [3.05, 3.63) is 7.11 Å². The van der Waals surface area contributed by atoms with E-state index in [1.54, 1.807) is 0 Å². The molecule has 35 valence electrons. The third kappa shape index (κ3) is 2.21. The van der Waals surface area contributed by atoms with E-state index in [4.69, 9.17) is 7.11 Å². The smallest absolute Gasteiger partial charge is 0.173 e. The summed E-state index contributed by atoms with van der Waals surface area (Å²) in [5.74, 6) is 0. The van der Waals surface area contributed by atoms with Gasteiger partial charge >= 0.3 is 0 Å². The summed E-state index contributed by atoms with van der Waals surface area (Å²) in [6.07, 6.45) is 1.02. The SMILES string of the molecule is [C]OC(C)CC. The molecule has 0 aromatic rings. The summed E-state index contributed by atoms with van der Waals surface area (Å²) in [4.78, 5) is 0. The van der Waals surface area contributed by atoms with Crippen LogP contribution in [0, 0.1) is 7.11 Å². The normalized spacial score (nSPS) is 14.5. The monoisotopic (exact) mass is 85.1 g/mol. The lowest BCUT2D eigenvalue weighted by Crippen LogP contribution is -1.98. The summed E-state index contributed by atoms with van der Waals surface area (Å²) >= 11 is 0. The molecular weight excluding hydrogens is 76.1 g/mol. The van der Waals surface area contributed by atoms with Gasteiger partial charge < -0.3 is 4.74 Å². The van der Waals surface area contributed by atoms with E-state index in [0.717, 1.165) is 6.42 Å². The average Bonchev–Trinajstić information content (AvgIpc) is 1.65. The largest absolute Gasteiger partial charge is 0.362 e. The molecule has 3 radical (unpaired) electrons. The number of rotatable bonds is 2. The van der Waals surface area contributed by atoms with E-state index in [9.17, 15) is 0 Å². The molecular formula is C5H9O. The van der Waals surface area contributed by atoms with Crippen LogP contribution in [0.15, 0.2) is 0 Å². The highest BCUT2D eigenvalue weighted by Crippen LogP contribution is 1.91. The van der Waals surface area contributed by atoms with Gasteiger partial charge in [-0.15, -0.1) is 0 Å². The van der Waals surface area contributed by atoms with Crippen LogP contribution in [0.25, 0.3) is 0 Å². The van der Waals surface area contributed by atoms with Crippen molar-refractivity contribution in [1.29, 1.82) is 0 Å². The lowest BCUT2D eigenvalue weighted by atomic mass is 10.3. The first-order valence-corrected chi connectivity index (χ1v) is 2.13. The molecule has 1 heteroatoms. The lowest BCUT2D eigenvalue weighted by molar-refractivity contribution is 0.151. The van der Waals surface area contributed by atoms with Crippen molar-refractivity contribution in [3.63, 3.8) is 0 Å². The van der Waals surface area contributed by atoms with Crippen LogP contribution in [0.3, 0.4) is 0 Å². The fourth-order valence-electron chi connectivity index (χ4n) is 0.0833. The summed E-state index contributed by atoms with van der Waals surface area (Å²) in [6.45, 7) is 3.85. The highest BCUT2D eigenvalue weighted by atomic mass is 16.5. The first-order valence-electron chi connectivity index (χ1n) is 2.13. The first-order chi connectivity index (χ1) is 2.81. The van der Waals surface area contributed by atoms with Crippen molar-refractivity contribution in [2.75, 3.05) is 0 Å². The van der Waals surface area contributed by atoms with E-state index in [2.05, 4.69) is 4.74 Å². The van der Waals surface area contributed by atoms with Crippen molar-refractivity contribution < 1.29 is 4.74 Å². The highest BCUT2D eigenvalue weighted by molar-refractivity contribution is 4.40. The second-order valence-electron chi connectivity index (χ2n) is 1.34. The molecule has 0 saturated heterocycles. The minimum Gasteiger partial charge on any atom is -0.362 e. The standard InChI is InChI=1S/C5H9O/c1-4-5(2)6-3/h5H,4H2,1-2H3. The fourth-order valence-corrected chi connectivity index (χ4v) is 0.0833. The summed E-state index contributed by atoms with van der Waals surface area (Å²) in [5, 5.41) is 0. The van der Waals surface area contributed by atoms with Gasteiger partial charge in [0.25, 0.3) is 0 Å². The second kappa shape index (κ2) is 3.16. The van der Waals surface area contributed by atoms with Crippen molar-refractivity contribution in [1.82, 2.24) is 0 Å². The Morgan fingerprint density at radius 2 is 2.33 bits per heavy atom. The maximum absolute atomic E-state index is 6.31. The molecule has 0 spiro atoms. The van der Waals surface area contributed by atoms with Crippen LogP contribution >= 0.6 is 0 Å². The van der Waals surface area contributed by atoms with Crippen LogP contribution in [0.1, 0.15) is 20.3 Å². The van der Waals surface area contributed by atoms with E-state index >= 15 is 0 Å². The zero-order chi connectivity index (χ0) is 4.99. The topological polar surface area (TPSA) is 9.23 Å². The van der Waals surface area contributed by atoms with E-state index in [1.165, 1.54) is 0 Å². The molecule has 0 amide bonds. The molecule has 0 heterocycles. The Labute approximate surface area is 39.3 Å². The van der Waals surface area contributed by atoms with Gasteiger partial charge in [-0.05, 0) is 13.3 Å². The Kier molecular flexibility index (Phi) is 3.14. The number of hydrogen-bond donors (Lipinski definition) is 0.